The van der Waals surface area contributed by atoms with Crippen LogP contribution < -0.4 is 0 Å². The summed E-state index contributed by atoms with van der Waals surface area (Å²) in [6, 6.07) is 0. The van der Waals surface area contributed by atoms with E-state index in [-0.39, 0.29) is 12.5 Å². The van der Waals surface area contributed by atoms with E-state index in [9.17, 15) is 18.0 Å². The molecule has 1 fully saturated rings. The van der Waals surface area contributed by atoms with Crippen molar-refractivity contribution in [1.82, 2.24) is 4.90 Å². The molecule has 1 unspecified atom stereocenters. The number of carbonyl (C=O) groups excluding carboxylic acids is 1. The van der Waals surface area contributed by atoms with E-state index >= 15 is 0 Å². The quantitative estimate of drug-likeness (QED) is 0.681. The number of alkyl halides is 3. The van der Waals surface area contributed by atoms with E-state index in [1.807, 2.05) is 4.90 Å². The minimum Gasteiger partial charge on any atom is -0.303 e. The molecule has 0 aromatic rings. The Labute approximate surface area is 87.4 Å². The van der Waals surface area contributed by atoms with Gasteiger partial charge in [-0.3, -0.25) is 0 Å². The highest BCUT2D eigenvalue weighted by atomic mass is 19.4. The first-order chi connectivity index (χ1) is 7.01. The lowest BCUT2D eigenvalue weighted by atomic mass is 9.95. The fourth-order valence-corrected chi connectivity index (χ4v) is 1.97. The molecule has 0 radical (unpaired) electrons. The van der Waals surface area contributed by atoms with Gasteiger partial charge in [0.05, 0.1) is 6.42 Å². The van der Waals surface area contributed by atoms with Gasteiger partial charge in [0.1, 0.15) is 6.29 Å². The normalized spacial score (nSPS) is 24.1. The third-order valence-corrected chi connectivity index (χ3v) is 2.74. The van der Waals surface area contributed by atoms with Crippen LogP contribution in [0.25, 0.3) is 0 Å². The number of likely N-dealkylation sites (tertiary alicyclic amines) is 1. The molecule has 0 aromatic carbocycles. The van der Waals surface area contributed by atoms with Crippen LogP contribution in [0.2, 0.25) is 0 Å². The number of rotatable bonds is 4. The van der Waals surface area contributed by atoms with Crippen molar-refractivity contribution in [2.45, 2.75) is 31.9 Å². The third kappa shape index (κ3) is 5.16. The van der Waals surface area contributed by atoms with E-state index in [4.69, 9.17) is 0 Å². The molecule has 0 amide bonds. The minimum absolute atomic E-state index is 0.0683. The van der Waals surface area contributed by atoms with Gasteiger partial charge in [-0.2, -0.15) is 13.2 Å². The fourth-order valence-electron chi connectivity index (χ4n) is 1.97. The molecule has 0 bridgehead atoms. The summed E-state index contributed by atoms with van der Waals surface area (Å²) >= 11 is 0. The summed E-state index contributed by atoms with van der Waals surface area (Å²) in [5, 5.41) is 0. The second-order valence-electron chi connectivity index (χ2n) is 4.08. The van der Waals surface area contributed by atoms with Crippen molar-refractivity contribution in [3.63, 3.8) is 0 Å². The lowest BCUT2D eigenvalue weighted by molar-refractivity contribution is -0.139. The Morgan fingerprint density at radius 2 is 2.13 bits per heavy atom. The van der Waals surface area contributed by atoms with Crippen LogP contribution in [0.5, 0.6) is 0 Å². The zero-order valence-corrected chi connectivity index (χ0v) is 8.59. The summed E-state index contributed by atoms with van der Waals surface area (Å²) < 4.78 is 35.9. The van der Waals surface area contributed by atoms with E-state index < -0.39 is 12.6 Å². The number of piperidine rings is 1. The zero-order chi connectivity index (χ0) is 11.3. The van der Waals surface area contributed by atoms with Crippen molar-refractivity contribution in [2.75, 3.05) is 19.6 Å². The van der Waals surface area contributed by atoms with E-state index in [0.717, 1.165) is 25.7 Å². The highest BCUT2D eigenvalue weighted by Crippen LogP contribution is 2.23. The van der Waals surface area contributed by atoms with Gasteiger partial charge in [0.15, 0.2) is 0 Å². The number of carbonyl (C=O) groups is 1. The Bertz CT molecular complexity index is 205. The molecule has 0 aromatic heterocycles. The monoisotopic (exact) mass is 223 g/mol. The second-order valence-corrected chi connectivity index (χ2v) is 4.08. The molecule has 5 heteroatoms. The van der Waals surface area contributed by atoms with Gasteiger partial charge in [0.25, 0.3) is 0 Å². The summed E-state index contributed by atoms with van der Waals surface area (Å²) in [4.78, 5) is 12.1. The Morgan fingerprint density at radius 1 is 1.40 bits per heavy atom. The van der Waals surface area contributed by atoms with Crippen LogP contribution in [0.1, 0.15) is 25.7 Å². The maximum absolute atomic E-state index is 12.0. The van der Waals surface area contributed by atoms with E-state index in [0.29, 0.717) is 13.0 Å². The highest BCUT2D eigenvalue weighted by molar-refractivity contribution is 5.49. The molecule has 1 aliphatic rings. The SMILES string of the molecule is O=CCC1CCCN(CCC(F)(F)F)C1. The largest absolute Gasteiger partial charge is 0.390 e. The van der Waals surface area contributed by atoms with Gasteiger partial charge in [-0.1, -0.05) is 0 Å². The van der Waals surface area contributed by atoms with Crippen molar-refractivity contribution in [2.24, 2.45) is 5.92 Å². The smallest absolute Gasteiger partial charge is 0.303 e. The predicted octanol–water partition coefficient (Wildman–Crippen LogP) is 2.24. The molecule has 15 heavy (non-hydrogen) atoms. The van der Waals surface area contributed by atoms with Gasteiger partial charge in [-0.05, 0) is 25.3 Å². The standard InChI is InChI=1S/C10H16F3NO/c11-10(12,13)4-6-14-5-1-2-9(8-14)3-7-15/h7,9H,1-6,8H2. The number of hydrogen-bond donors (Lipinski definition) is 0. The number of halogens is 3. The van der Waals surface area contributed by atoms with Gasteiger partial charge >= 0.3 is 6.18 Å². The highest BCUT2D eigenvalue weighted by Gasteiger charge is 2.29. The van der Waals surface area contributed by atoms with E-state index in [1.54, 1.807) is 0 Å². The van der Waals surface area contributed by atoms with Crippen LogP contribution in [0.15, 0.2) is 0 Å². The summed E-state index contributed by atoms with van der Waals surface area (Å²) in [6.07, 6.45) is -1.63. The zero-order valence-electron chi connectivity index (χ0n) is 8.59. The maximum atomic E-state index is 12.0. The number of nitrogens with zero attached hydrogens (tertiary/aromatic N) is 1. The van der Waals surface area contributed by atoms with Gasteiger partial charge in [-0.15, -0.1) is 0 Å². The van der Waals surface area contributed by atoms with E-state index in [1.165, 1.54) is 0 Å². The summed E-state index contributed by atoms with van der Waals surface area (Å²) in [5.74, 6) is 0.254. The molecule has 0 saturated carbocycles. The molecule has 88 valence electrons. The average Bonchev–Trinajstić information content (AvgIpc) is 2.15. The molecular formula is C10H16F3NO. The Hall–Kier alpha value is -0.580. The summed E-state index contributed by atoms with van der Waals surface area (Å²) in [5.41, 5.74) is 0. The third-order valence-electron chi connectivity index (χ3n) is 2.74. The molecule has 1 aliphatic heterocycles. The van der Waals surface area contributed by atoms with Crippen molar-refractivity contribution in [3.8, 4) is 0 Å². The van der Waals surface area contributed by atoms with Crippen LogP contribution in [0.3, 0.4) is 0 Å². The van der Waals surface area contributed by atoms with Gasteiger partial charge < -0.3 is 9.69 Å². The van der Waals surface area contributed by atoms with Gasteiger partial charge in [0.2, 0.25) is 0 Å². The molecule has 2 nitrogen and oxygen atoms in total. The number of aldehydes is 1. The maximum Gasteiger partial charge on any atom is 0.390 e. The van der Waals surface area contributed by atoms with Crippen LogP contribution >= 0.6 is 0 Å². The lowest BCUT2D eigenvalue weighted by Crippen LogP contribution is -2.37. The van der Waals surface area contributed by atoms with E-state index in [2.05, 4.69) is 0 Å². The summed E-state index contributed by atoms with van der Waals surface area (Å²) in [7, 11) is 0. The van der Waals surface area contributed by atoms with Crippen LogP contribution in [-0.4, -0.2) is 37.0 Å². The molecule has 1 heterocycles. The lowest BCUT2D eigenvalue weighted by Gasteiger charge is -2.32. The first-order valence-corrected chi connectivity index (χ1v) is 5.24. The Balaban J connectivity index is 2.27. The molecule has 0 aliphatic carbocycles. The average molecular weight is 223 g/mol. The molecule has 1 rings (SSSR count). The molecule has 0 spiro atoms. The predicted molar refractivity (Wildman–Crippen MR) is 50.5 cm³/mol. The van der Waals surface area contributed by atoms with Crippen LogP contribution in [0.4, 0.5) is 13.2 Å². The topological polar surface area (TPSA) is 20.3 Å². The second kappa shape index (κ2) is 5.49. The van der Waals surface area contributed by atoms with Gasteiger partial charge in [-0.25, -0.2) is 0 Å². The fraction of sp³-hybridized carbons (Fsp3) is 0.900. The van der Waals surface area contributed by atoms with Crippen molar-refractivity contribution < 1.29 is 18.0 Å². The Morgan fingerprint density at radius 3 is 2.73 bits per heavy atom. The molecular weight excluding hydrogens is 207 g/mol. The molecule has 1 atom stereocenters. The minimum atomic E-state index is -4.07. The van der Waals surface area contributed by atoms with Gasteiger partial charge in [0, 0.05) is 19.5 Å². The molecule has 0 N–H and O–H groups in total. The van der Waals surface area contributed by atoms with Crippen molar-refractivity contribution >= 4 is 6.29 Å². The Kier molecular flexibility index (Phi) is 4.57. The first-order valence-electron chi connectivity index (χ1n) is 5.24. The van der Waals surface area contributed by atoms with Crippen LogP contribution in [-0.2, 0) is 4.79 Å². The number of hydrogen-bond acceptors (Lipinski definition) is 2. The van der Waals surface area contributed by atoms with Crippen molar-refractivity contribution in [3.05, 3.63) is 0 Å². The summed E-state index contributed by atoms with van der Waals surface area (Å²) in [6.45, 7) is 1.43. The first kappa shape index (κ1) is 12.5. The van der Waals surface area contributed by atoms with Crippen LogP contribution in [0, 0.1) is 5.92 Å². The molecule has 1 saturated heterocycles. The van der Waals surface area contributed by atoms with Crippen molar-refractivity contribution in [1.29, 1.82) is 0 Å².